The van der Waals surface area contributed by atoms with Crippen LogP contribution >= 0.6 is 0 Å². The Morgan fingerprint density at radius 3 is 1.93 bits per heavy atom. The SMILES string of the molecule is Cc1ccc(CN(C(=O)CCCN(c2ccc(C)cc2)S(C)(=O)=O)[C@@H](Cc2ccccc2)C(=O)NC(C)(C)C)cc1. The number of carbonyl (C=O) groups is 2. The molecule has 1 N–H and O–H groups in total. The minimum Gasteiger partial charge on any atom is -0.350 e. The summed E-state index contributed by atoms with van der Waals surface area (Å²) in [7, 11) is -3.55. The lowest BCUT2D eigenvalue weighted by atomic mass is 10.00. The van der Waals surface area contributed by atoms with E-state index < -0.39 is 21.6 Å². The second-order valence-electron chi connectivity index (χ2n) is 11.7. The molecule has 41 heavy (non-hydrogen) atoms. The van der Waals surface area contributed by atoms with Crippen LogP contribution in [0.25, 0.3) is 0 Å². The largest absolute Gasteiger partial charge is 0.350 e. The number of hydrogen-bond acceptors (Lipinski definition) is 4. The molecule has 0 unspecified atom stereocenters. The number of hydrogen-bond donors (Lipinski definition) is 1. The van der Waals surface area contributed by atoms with E-state index in [0.717, 1.165) is 22.3 Å². The van der Waals surface area contributed by atoms with E-state index >= 15 is 0 Å². The number of nitrogens with zero attached hydrogens (tertiary/aromatic N) is 2. The number of sulfonamides is 1. The van der Waals surface area contributed by atoms with Gasteiger partial charge in [0.25, 0.3) is 0 Å². The van der Waals surface area contributed by atoms with E-state index in [1.165, 1.54) is 10.6 Å². The van der Waals surface area contributed by atoms with Crippen molar-refractivity contribution in [2.45, 2.75) is 72.0 Å². The molecule has 0 aliphatic heterocycles. The third-order valence-corrected chi connectivity index (χ3v) is 7.91. The topological polar surface area (TPSA) is 86.8 Å². The van der Waals surface area contributed by atoms with E-state index in [2.05, 4.69) is 5.32 Å². The van der Waals surface area contributed by atoms with Gasteiger partial charge in [-0.05, 0) is 64.3 Å². The fourth-order valence-electron chi connectivity index (χ4n) is 4.61. The Morgan fingerprint density at radius 1 is 0.829 bits per heavy atom. The first-order valence-electron chi connectivity index (χ1n) is 14.0. The lowest BCUT2D eigenvalue weighted by molar-refractivity contribution is -0.142. The summed E-state index contributed by atoms with van der Waals surface area (Å²) in [6.07, 6.45) is 1.94. The van der Waals surface area contributed by atoms with Gasteiger partial charge in [0.15, 0.2) is 0 Å². The van der Waals surface area contributed by atoms with Gasteiger partial charge >= 0.3 is 0 Å². The summed E-state index contributed by atoms with van der Waals surface area (Å²) >= 11 is 0. The second-order valence-corrected chi connectivity index (χ2v) is 13.6. The Morgan fingerprint density at radius 2 is 1.39 bits per heavy atom. The van der Waals surface area contributed by atoms with Gasteiger partial charge in [0.2, 0.25) is 21.8 Å². The predicted octanol–water partition coefficient (Wildman–Crippen LogP) is 5.40. The summed E-state index contributed by atoms with van der Waals surface area (Å²) in [4.78, 5) is 29.2. The van der Waals surface area contributed by atoms with Crippen LogP contribution in [0.5, 0.6) is 0 Å². The first-order valence-corrected chi connectivity index (χ1v) is 15.8. The molecule has 2 amide bonds. The summed E-state index contributed by atoms with van der Waals surface area (Å²) in [5.41, 5.74) is 4.09. The van der Waals surface area contributed by atoms with Crippen molar-refractivity contribution < 1.29 is 18.0 Å². The smallest absolute Gasteiger partial charge is 0.243 e. The van der Waals surface area contributed by atoms with Gasteiger partial charge in [0.05, 0.1) is 11.9 Å². The number of benzene rings is 3. The number of aryl methyl sites for hydroxylation is 2. The molecule has 7 nitrogen and oxygen atoms in total. The second kappa shape index (κ2) is 13.8. The quantitative estimate of drug-likeness (QED) is 0.312. The van der Waals surface area contributed by atoms with Crippen molar-refractivity contribution in [1.29, 1.82) is 0 Å². The summed E-state index contributed by atoms with van der Waals surface area (Å²) < 4.78 is 26.5. The van der Waals surface area contributed by atoms with Gasteiger partial charge in [-0.15, -0.1) is 0 Å². The van der Waals surface area contributed by atoms with Crippen molar-refractivity contribution in [2.75, 3.05) is 17.1 Å². The van der Waals surface area contributed by atoms with Crippen molar-refractivity contribution in [3.05, 3.63) is 101 Å². The molecule has 0 aromatic heterocycles. The van der Waals surface area contributed by atoms with Gasteiger partial charge < -0.3 is 10.2 Å². The van der Waals surface area contributed by atoms with Gasteiger partial charge in [-0.1, -0.05) is 77.9 Å². The number of amides is 2. The highest BCUT2D eigenvalue weighted by atomic mass is 32.2. The molecule has 0 heterocycles. The van der Waals surface area contributed by atoms with Gasteiger partial charge in [0, 0.05) is 31.5 Å². The Labute approximate surface area is 245 Å². The highest BCUT2D eigenvalue weighted by Crippen LogP contribution is 2.21. The normalized spacial score (nSPS) is 12.4. The minimum absolute atomic E-state index is 0.0951. The molecular weight excluding hydrogens is 534 g/mol. The van der Waals surface area contributed by atoms with Gasteiger partial charge in [-0.2, -0.15) is 0 Å². The first-order chi connectivity index (χ1) is 19.2. The predicted molar refractivity (Wildman–Crippen MR) is 166 cm³/mol. The first kappa shape index (κ1) is 31.9. The van der Waals surface area contributed by atoms with Crippen LogP contribution in [0.15, 0.2) is 78.9 Å². The summed E-state index contributed by atoms with van der Waals surface area (Å²) in [6, 6.07) is 24.1. The van der Waals surface area contributed by atoms with E-state index in [0.29, 0.717) is 18.5 Å². The zero-order valence-electron chi connectivity index (χ0n) is 25.1. The molecule has 3 aromatic rings. The van der Waals surface area contributed by atoms with E-state index in [1.54, 1.807) is 17.0 Å². The van der Waals surface area contributed by atoms with E-state index in [-0.39, 0.29) is 31.3 Å². The molecule has 0 bridgehead atoms. The standard InChI is InChI=1S/C33H43N3O4S/c1-25-14-18-28(19-15-25)24-35(30(32(38)34-33(3,4)5)23-27-11-8-7-9-12-27)31(37)13-10-22-36(41(6,39)40)29-20-16-26(2)17-21-29/h7-9,11-12,14-21,30H,10,13,22-24H2,1-6H3,(H,34,38)/t30-/m0/s1. The third-order valence-electron chi connectivity index (χ3n) is 6.72. The summed E-state index contributed by atoms with van der Waals surface area (Å²) in [6.45, 7) is 10.1. The molecule has 0 aliphatic carbocycles. The van der Waals surface area contributed by atoms with Gasteiger partial charge in [-0.25, -0.2) is 8.42 Å². The monoisotopic (exact) mass is 577 g/mol. The van der Waals surface area contributed by atoms with Crippen molar-refractivity contribution in [3.63, 3.8) is 0 Å². The number of anilines is 1. The summed E-state index contributed by atoms with van der Waals surface area (Å²) in [5, 5.41) is 3.07. The highest BCUT2D eigenvalue weighted by Gasteiger charge is 2.32. The van der Waals surface area contributed by atoms with Gasteiger partial charge in [-0.3, -0.25) is 13.9 Å². The van der Waals surface area contributed by atoms with Gasteiger partial charge in [0.1, 0.15) is 6.04 Å². The Balaban J connectivity index is 1.89. The number of nitrogens with one attached hydrogen (secondary N) is 1. The lowest BCUT2D eigenvalue weighted by Crippen LogP contribution is -2.54. The van der Waals surface area contributed by atoms with Crippen molar-refractivity contribution in [1.82, 2.24) is 10.2 Å². The molecule has 8 heteroatoms. The molecule has 0 aliphatic rings. The Bertz CT molecular complexity index is 1400. The van der Waals surface area contributed by atoms with Crippen LogP contribution in [0.1, 0.15) is 55.9 Å². The van der Waals surface area contributed by atoms with Crippen LogP contribution < -0.4 is 9.62 Å². The van der Waals surface area contributed by atoms with Crippen LogP contribution in [-0.2, 0) is 32.6 Å². The van der Waals surface area contributed by atoms with E-state index in [4.69, 9.17) is 0 Å². The van der Waals surface area contributed by atoms with Crippen molar-refractivity contribution in [2.24, 2.45) is 0 Å². The summed E-state index contributed by atoms with van der Waals surface area (Å²) in [5.74, 6) is -0.424. The van der Waals surface area contributed by atoms with Crippen LogP contribution in [0.4, 0.5) is 5.69 Å². The molecule has 0 fully saturated rings. The zero-order valence-corrected chi connectivity index (χ0v) is 25.9. The highest BCUT2D eigenvalue weighted by molar-refractivity contribution is 7.92. The Hall–Kier alpha value is -3.65. The van der Waals surface area contributed by atoms with E-state index in [9.17, 15) is 18.0 Å². The van der Waals surface area contributed by atoms with Crippen molar-refractivity contribution >= 4 is 27.5 Å². The number of carbonyl (C=O) groups excluding carboxylic acids is 2. The lowest BCUT2D eigenvalue weighted by Gasteiger charge is -2.34. The fourth-order valence-corrected chi connectivity index (χ4v) is 5.58. The Kier molecular flexibility index (Phi) is 10.7. The minimum atomic E-state index is -3.55. The molecule has 220 valence electrons. The van der Waals surface area contributed by atoms with Crippen molar-refractivity contribution in [3.8, 4) is 0 Å². The fraction of sp³-hybridized carbons (Fsp3) is 0.394. The molecule has 0 saturated heterocycles. The maximum Gasteiger partial charge on any atom is 0.243 e. The van der Waals surface area contributed by atoms with Crippen LogP contribution in [-0.4, -0.2) is 49.5 Å². The average Bonchev–Trinajstić information content (AvgIpc) is 2.89. The van der Waals surface area contributed by atoms with E-state index in [1.807, 2.05) is 101 Å². The zero-order chi connectivity index (χ0) is 30.2. The number of rotatable bonds is 12. The van der Waals surface area contributed by atoms with Crippen LogP contribution in [0.2, 0.25) is 0 Å². The maximum absolute atomic E-state index is 13.9. The van der Waals surface area contributed by atoms with Crippen LogP contribution in [0.3, 0.4) is 0 Å². The molecule has 3 aromatic carbocycles. The van der Waals surface area contributed by atoms with Crippen LogP contribution in [0, 0.1) is 13.8 Å². The molecule has 0 radical (unpaired) electrons. The molecule has 1 atom stereocenters. The third kappa shape index (κ3) is 10.0. The molecule has 3 rings (SSSR count). The maximum atomic E-state index is 13.9. The average molecular weight is 578 g/mol. The molecule has 0 spiro atoms. The molecule has 0 saturated carbocycles. The molecular formula is C33H43N3O4S.